The molecule has 4 rings (SSSR count). The topological polar surface area (TPSA) is 75.7 Å². The molecule has 1 aromatic heterocycles. The van der Waals surface area contributed by atoms with E-state index in [2.05, 4.69) is 5.32 Å². The highest BCUT2D eigenvalue weighted by molar-refractivity contribution is 7.08. The first-order valence-electron chi connectivity index (χ1n) is 9.91. The van der Waals surface area contributed by atoms with E-state index in [1.165, 1.54) is 24.2 Å². The zero-order valence-electron chi connectivity index (χ0n) is 15.4. The molecule has 6 nitrogen and oxygen atoms in total. The van der Waals surface area contributed by atoms with Gasteiger partial charge >= 0.3 is 0 Å². The lowest BCUT2D eigenvalue weighted by Crippen LogP contribution is -2.58. The Bertz CT molecular complexity index is 699. The molecular weight excluding hydrogens is 364 g/mol. The Kier molecular flexibility index (Phi) is 5.59. The summed E-state index contributed by atoms with van der Waals surface area (Å²) in [5.41, 5.74) is 0.584. The molecule has 1 aromatic rings. The van der Waals surface area contributed by atoms with Gasteiger partial charge < -0.3 is 15.0 Å². The Morgan fingerprint density at radius 2 is 2.07 bits per heavy atom. The van der Waals surface area contributed by atoms with Crippen LogP contribution in [0.15, 0.2) is 16.8 Å². The number of ether oxygens (including phenoxy) is 1. The number of rotatable bonds is 5. The monoisotopic (exact) mass is 390 g/mol. The molecule has 27 heavy (non-hydrogen) atoms. The maximum Gasteiger partial charge on any atom is 0.252 e. The minimum atomic E-state index is -0.576. The van der Waals surface area contributed by atoms with Crippen LogP contribution in [-0.4, -0.2) is 53.8 Å². The summed E-state index contributed by atoms with van der Waals surface area (Å²) in [6.45, 7) is 0.651. The molecule has 0 spiro atoms. The molecule has 2 aliphatic heterocycles. The zero-order valence-corrected chi connectivity index (χ0v) is 16.2. The molecule has 2 amide bonds. The maximum atomic E-state index is 13.4. The van der Waals surface area contributed by atoms with Crippen molar-refractivity contribution in [2.75, 3.05) is 13.2 Å². The van der Waals surface area contributed by atoms with Gasteiger partial charge in [-0.15, -0.1) is 0 Å². The smallest absolute Gasteiger partial charge is 0.252 e. The van der Waals surface area contributed by atoms with Crippen LogP contribution < -0.4 is 5.32 Å². The summed E-state index contributed by atoms with van der Waals surface area (Å²) in [7, 11) is 0. The predicted octanol–water partition coefficient (Wildman–Crippen LogP) is 2.39. The Labute approximate surface area is 163 Å². The molecule has 146 valence electrons. The van der Waals surface area contributed by atoms with Crippen molar-refractivity contribution < 1.29 is 19.1 Å². The number of carbonyl (C=O) groups excluding carboxylic acids is 3. The zero-order chi connectivity index (χ0) is 18.8. The third-order valence-corrected chi connectivity index (χ3v) is 6.74. The highest BCUT2D eigenvalue weighted by Crippen LogP contribution is 2.31. The van der Waals surface area contributed by atoms with Crippen molar-refractivity contribution >= 4 is 28.9 Å². The molecule has 7 heteroatoms. The van der Waals surface area contributed by atoms with E-state index in [1.807, 2.05) is 5.38 Å². The lowest BCUT2D eigenvalue weighted by Gasteiger charge is -2.38. The first-order chi connectivity index (χ1) is 13.1. The highest BCUT2D eigenvalue weighted by Gasteiger charge is 2.46. The van der Waals surface area contributed by atoms with E-state index in [9.17, 15) is 14.4 Å². The number of fused-ring (bicyclic) bond motifs is 1. The van der Waals surface area contributed by atoms with Gasteiger partial charge in [0.2, 0.25) is 5.91 Å². The summed E-state index contributed by atoms with van der Waals surface area (Å²) in [6, 6.07) is 0.713. The van der Waals surface area contributed by atoms with Crippen LogP contribution in [0.25, 0.3) is 0 Å². The Morgan fingerprint density at radius 1 is 1.26 bits per heavy atom. The van der Waals surface area contributed by atoms with E-state index in [-0.39, 0.29) is 30.3 Å². The van der Waals surface area contributed by atoms with Crippen molar-refractivity contribution in [3.05, 3.63) is 22.4 Å². The second-order valence-corrected chi connectivity index (χ2v) is 8.64. The molecule has 3 fully saturated rings. The fraction of sp³-hybridized carbons (Fsp3) is 0.650. The quantitative estimate of drug-likeness (QED) is 0.838. The van der Waals surface area contributed by atoms with Crippen molar-refractivity contribution in [2.24, 2.45) is 5.92 Å². The van der Waals surface area contributed by atoms with Crippen molar-refractivity contribution in [1.29, 1.82) is 0 Å². The van der Waals surface area contributed by atoms with E-state index >= 15 is 0 Å². The first-order valence-corrected chi connectivity index (χ1v) is 10.9. The Morgan fingerprint density at radius 3 is 2.81 bits per heavy atom. The molecule has 0 aromatic carbocycles. The fourth-order valence-corrected chi connectivity index (χ4v) is 5.31. The average Bonchev–Trinajstić information content (AvgIpc) is 3.43. The van der Waals surface area contributed by atoms with Crippen LogP contribution in [-0.2, 0) is 14.3 Å². The molecule has 3 atom stereocenters. The van der Waals surface area contributed by atoms with Gasteiger partial charge in [0.1, 0.15) is 18.7 Å². The molecule has 3 heterocycles. The number of likely N-dealkylation sites (tertiary alicyclic amines) is 1. The number of Topliss-reactive ketones (excluding diaryl/α,β-unsaturated/α-hetero) is 1. The SMILES string of the molecule is O=C(NC(CC1CCCC1)C(=O)N1CCCC2OCC(=O)C21)c1ccsc1. The third-order valence-electron chi connectivity index (χ3n) is 6.06. The highest BCUT2D eigenvalue weighted by atomic mass is 32.1. The van der Waals surface area contributed by atoms with Gasteiger partial charge in [-0.1, -0.05) is 25.7 Å². The number of nitrogens with one attached hydrogen (secondary N) is 1. The van der Waals surface area contributed by atoms with Gasteiger partial charge in [0.15, 0.2) is 5.78 Å². The number of carbonyl (C=O) groups is 3. The summed E-state index contributed by atoms with van der Waals surface area (Å²) in [4.78, 5) is 40.0. The van der Waals surface area contributed by atoms with Gasteiger partial charge in [-0.3, -0.25) is 14.4 Å². The normalized spacial score (nSPS) is 26.8. The number of amides is 2. The summed E-state index contributed by atoms with van der Waals surface area (Å²) in [6.07, 6.45) is 6.68. The van der Waals surface area contributed by atoms with E-state index in [0.29, 0.717) is 24.4 Å². The molecule has 1 N–H and O–H groups in total. The standard InChI is InChI=1S/C20H26N2O4S/c23-16-11-26-17-6-3-8-22(18(16)17)20(25)15(10-13-4-1-2-5-13)21-19(24)14-7-9-27-12-14/h7,9,12-13,15,17-18H,1-6,8,10-11H2,(H,21,24). The Hall–Kier alpha value is -1.73. The summed E-state index contributed by atoms with van der Waals surface area (Å²) < 4.78 is 5.57. The van der Waals surface area contributed by atoms with Gasteiger partial charge in [0.05, 0.1) is 11.7 Å². The predicted molar refractivity (Wildman–Crippen MR) is 102 cm³/mol. The molecule has 0 radical (unpaired) electrons. The van der Waals surface area contributed by atoms with Crippen molar-refractivity contribution in [1.82, 2.24) is 10.2 Å². The Balaban J connectivity index is 1.52. The second-order valence-electron chi connectivity index (χ2n) is 7.86. The summed E-state index contributed by atoms with van der Waals surface area (Å²) >= 11 is 1.46. The molecule has 2 saturated heterocycles. The molecule has 3 unspecified atom stereocenters. The summed E-state index contributed by atoms with van der Waals surface area (Å²) in [5, 5.41) is 6.61. The van der Waals surface area contributed by atoms with Gasteiger partial charge in [0.25, 0.3) is 5.91 Å². The largest absolute Gasteiger partial charge is 0.368 e. The molecule has 3 aliphatic rings. The van der Waals surface area contributed by atoms with Crippen LogP contribution >= 0.6 is 11.3 Å². The van der Waals surface area contributed by atoms with Crippen LogP contribution in [0.2, 0.25) is 0 Å². The maximum absolute atomic E-state index is 13.4. The van der Waals surface area contributed by atoms with Gasteiger partial charge in [0, 0.05) is 11.9 Å². The molecule has 0 bridgehead atoms. The van der Waals surface area contributed by atoms with E-state index in [0.717, 1.165) is 25.7 Å². The number of hydrogen-bond acceptors (Lipinski definition) is 5. The number of hydrogen-bond donors (Lipinski definition) is 1. The van der Waals surface area contributed by atoms with Gasteiger partial charge in [-0.2, -0.15) is 11.3 Å². The van der Waals surface area contributed by atoms with Crippen LogP contribution in [0.5, 0.6) is 0 Å². The van der Waals surface area contributed by atoms with Crippen molar-refractivity contribution in [3.63, 3.8) is 0 Å². The van der Waals surface area contributed by atoms with Crippen LogP contribution in [0.3, 0.4) is 0 Å². The first kappa shape index (κ1) is 18.6. The lowest BCUT2D eigenvalue weighted by atomic mass is 9.93. The lowest BCUT2D eigenvalue weighted by molar-refractivity contribution is -0.142. The van der Waals surface area contributed by atoms with Crippen molar-refractivity contribution in [3.8, 4) is 0 Å². The third kappa shape index (κ3) is 3.94. The summed E-state index contributed by atoms with van der Waals surface area (Å²) in [5.74, 6) is 0.101. The number of thiophene rings is 1. The van der Waals surface area contributed by atoms with Crippen molar-refractivity contribution in [2.45, 2.75) is 63.1 Å². The molecule has 1 saturated carbocycles. The van der Waals surface area contributed by atoms with E-state index in [4.69, 9.17) is 4.74 Å². The van der Waals surface area contributed by atoms with E-state index in [1.54, 1.807) is 16.3 Å². The van der Waals surface area contributed by atoms with Crippen LogP contribution in [0, 0.1) is 5.92 Å². The van der Waals surface area contributed by atoms with Gasteiger partial charge in [-0.25, -0.2) is 0 Å². The number of piperidine rings is 1. The molecule has 1 aliphatic carbocycles. The average molecular weight is 391 g/mol. The van der Waals surface area contributed by atoms with Gasteiger partial charge in [-0.05, 0) is 36.6 Å². The van der Waals surface area contributed by atoms with Crippen LogP contribution in [0.4, 0.5) is 0 Å². The second kappa shape index (κ2) is 8.10. The minimum absolute atomic E-state index is 0.0168. The van der Waals surface area contributed by atoms with E-state index < -0.39 is 12.1 Å². The fourth-order valence-electron chi connectivity index (χ4n) is 4.67. The minimum Gasteiger partial charge on any atom is -0.368 e. The number of ketones is 1. The number of nitrogens with zero attached hydrogens (tertiary/aromatic N) is 1. The van der Waals surface area contributed by atoms with Crippen LogP contribution in [0.1, 0.15) is 55.3 Å². The molecular formula is C20H26N2O4S.